The Bertz CT molecular complexity index is 997. The maximum atomic E-state index is 12.6. The Morgan fingerprint density at radius 3 is 2.68 bits per heavy atom. The number of rotatable bonds is 6. The fourth-order valence-electron chi connectivity index (χ4n) is 2.56. The van der Waals surface area contributed by atoms with E-state index in [9.17, 15) is 8.42 Å². The molecule has 0 aliphatic rings. The highest BCUT2D eigenvalue weighted by molar-refractivity contribution is 7.89. The molecule has 0 radical (unpaired) electrons. The van der Waals surface area contributed by atoms with Gasteiger partial charge in [-0.05, 0) is 38.1 Å². The Balaban J connectivity index is 1.91. The molecule has 0 spiro atoms. The van der Waals surface area contributed by atoms with E-state index in [2.05, 4.69) is 4.72 Å². The van der Waals surface area contributed by atoms with Crippen molar-refractivity contribution in [3.63, 3.8) is 0 Å². The number of ether oxygens (including phenoxy) is 1. The standard InChI is InChI=1S/C18H18ClNO4S/c1-3-23-15-9-6-7-13-11-16(24-18(13)15)12(2)20-25(21,22)17-10-5-4-8-14(17)19/h4-12,20H,3H2,1-2H3/t12-/m1/s1. The van der Waals surface area contributed by atoms with Crippen molar-refractivity contribution in [3.8, 4) is 5.75 Å². The van der Waals surface area contributed by atoms with E-state index < -0.39 is 16.1 Å². The van der Waals surface area contributed by atoms with Gasteiger partial charge in [0.05, 0.1) is 17.7 Å². The van der Waals surface area contributed by atoms with Gasteiger partial charge in [-0.15, -0.1) is 0 Å². The van der Waals surface area contributed by atoms with Crippen LogP contribution in [0.25, 0.3) is 11.0 Å². The van der Waals surface area contributed by atoms with Gasteiger partial charge in [-0.2, -0.15) is 0 Å². The number of hydrogen-bond acceptors (Lipinski definition) is 4. The van der Waals surface area contributed by atoms with Gasteiger partial charge in [0, 0.05) is 5.39 Å². The van der Waals surface area contributed by atoms with Gasteiger partial charge in [0.1, 0.15) is 10.7 Å². The molecule has 0 saturated carbocycles. The van der Waals surface area contributed by atoms with Crippen LogP contribution in [0.5, 0.6) is 5.75 Å². The molecule has 3 rings (SSSR count). The zero-order chi connectivity index (χ0) is 18.0. The Hall–Kier alpha value is -2.02. The first-order valence-corrected chi connectivity index (χ1v) is 9.70. The number of sulfonamides is 1. The van der Waals surface area contributed by atoms with Crippen LogP contribution in [0.4, 0.5) is 0 Å². The SMILES string of the molecule is CCOc1cccc2cc([C@@H](C)NS(=O)(=O)c3ccccc3Cl)oc12. The van der Waals surface area contributed by atoms with Crippen molar-refractivity contribution in [1.82, 2.24) is 4.72 Å². The van der Waals surface area contributed by atoms with E-state index in [1.54, 1.807) is 25.1 Å². The zero-order valence-electron chi connectivity index (χ0n) is 13.8. The smallest absolute Gasteiger partial charge is 0.242 e. The fraction of sp³-hybridized carbons (Fsp3) is 0.222. The van der Waals surface area contributed by atoms with E-state index >= 15 is 0 Å². The average Bonchev–Trinajstić information content (AvgIpc) is 3.00. The van der Waals surface area contributed by atoms with Crippen LogP contribution >= 0.6 is 11.6 Å². The number of fused-ring (bicyclic) bond motifs is 1. The molecule has 0 saturated heterocycles. The van der Waals surface area contributed by atoms with Crippen LogP contribution in [0.15, 0.2) is 57.8 Å². The third-order valence-corrected chi connectivity index (χ3v) is 5.75. The molecule has 0 amide bonds. The highest BCUT2D eigenvalue weighted by atomic mass is 35.5. The van der Waals surface area contributed by atoms with Gasteiger partial charge in [0.15, 0.2) is 11.3 Å². The Morgan fingerprint density at radius 1 is 1.20 bits per heavy atom. The molecule has 3 aromatic rings. The number of hydrogen-bond donors (Lipinski definition) is 1. The van der Waals surface area contributed by atoms with E-state index in [-0.39, 0.29) is 9.92 Å². The summed E-state index contributed by atoms with van der Waals surface area (Å²) in [6, 6.07) is 13.1. The highest BCUT2D eigenvalue weighted by Crippen LogP contribution is 2.32. The van der Waals surface area contributed by atoms with Crippen LogP contribution in [-0.2, 0) is 10.0 Å². The minimum Gasteiger partial charge on any atom is -0.490 e. The number of halogens is 1. The van der Waals surface area contributed by atoms with Crippen molar-refractivity contribution in [2.45, 2.75) is 24.8 Å². The van der Waals surface area contributed by atoms with E-state index in [1.807, 2.05) is 25.1 Å². The van der Waals surface area contributed by atoms with Gasteiger partial charge in [-0.1, -0.05) is 35.9 Å². The lowest BCUT2D eigenvalue weighted by Gasteiger charge is -2.13. The summed E-state index contributed by atoms with van der Waals surface area (Å²) in [5.41, 5.74) is 0.600. The Labute approximate surface area is 151 Å². The first kappa shape index (κ1) is 17.8. The first-order valence-electron chi connectivity index (χ1n) is 7.84. The summed E-state index contributed by atoms with van der Waals surface area (Å²) in [7, 11) is -3.77. The number of nitrogens with one attached hydrogen (secondary N) is 1. The minimum atomic E-state index is -3.77. The van der Waals surface area contributed by atoms with Gasteiger partial charge in [0.2, 0.25) is 10.0 Å². The third-order valence-electron chi connectivity index (χ3n) is 3.71. The number of benzene rings is 2. The molecule has 0 fully saturated rings. The molecular weight excluding hydrogens is 362 g/mol. The highest BCUT2D eigenvalue weighted by Gasteiger charge is 2.23. The average molecular weight is 380 g/mol. The van der Waals surface area contributed by atoms with Crippen molar-refractivity contribution in [1.29, 1.82) is 0 Å². The minimum absolute atomic E-state index is 0.0367. The second-order valence-corrected chi connectivity index (χ2v) is 7.62. The Kier molecular flexibility index (Phi) is 5.03. The van der Waals surface area contributed by atoms with Crippen LogP contribution < -0.4 is 9.46 Å². The molecule has 1 aromatic heterocycles. The van der Waals surface area contributed by atoms with E-state index in [0.29, 0.717) is 23.7 Å². The van der Waals surface area contributed by atoms with Crippen LogP contribution in [0, 0.1) is 0 Å². The normalized spacial score (nSPS) is 13.1. The van der Waals surface area contributed by atoms with Gasteiger partial charge < -0.3 is 9.15 Å². The predicted octanol–water partition coefficient (Wildman–Crippen LogP) is 4.52. The van der Waals surface area contributed by atoms with Gasteiger partial charge in [-0.3, -0.25) is 0 Å². The quantitative estimate of drug-likeness (QED) is 0.683. The summed E-state index contributed by atoms with van der Waals surface area (Å²) in [4.78, 5) is 0.0367. The van der Waals surface area contributed by atoms with E-state index in [4.69, 9.17) is 20.8 Å². The van der Waals surface area contributed by atoms with Crippen LogP contribution in [-0.4, -0.2) is 15.0 Å². The van der Waals surface area contributed by atoms with Crippen molar-refractivity contribution in [2.75, 3.05) is 6.61 Å². The maximum Gasteiger partial charge on any atom is 0.242 e. The van der Waals surface area contributed by atoms with Crippen molar-refractivity contribution >= 4 is 32.6 Å². The lowest BCUT2D eigenvalue weighted by molar-refractivity contribution is 0.336. The predicted molar refractivity (Wildman–Crippen MR) is 97.6 cm³/mol. The van der Waals surface area contributed by atoms with E-state index in [0.717, 1.165) is 5.39 Å². The summed E-state index contributed by atoms with van der Waals surface area (Å²) < 4.78 is 39.1. The maximum absolute atomic E-state index is 12.6. The number of furan rings is 1. The summed E-state index contributed by atoms with van der Waals surface area (Å²) in [6.07, 6.45) is 0. The molecule has 0 unspecified atom stereocenters. The van der Waals surface area contributed by atoms with Crippen LogP contribution in [0.3, 0.4) is 0 Å². The second-order valence-electron chi connectivity index (χ2n) is 5.53. The molecule has 132 valence electrons. The molecule has 1 atom stereocenters. The van der Waals surface area contributed by atoms with Gasteiger partial charge in [0.25, 0.3) is 0 Å². The van der Waals surface area contributed by atoms with Crippen LogP contribution in [0.2, 0.25) is 5.02 Å². The molecule has 1 N–H and O–H groups in total. The molecule has 0 aliphatic heterocycles. The molecule has 7 heteroatoms. The molecule has 0 aliphatic carbocycles. The third kappa shape index (κ3) is 3.66. The van der Waals surface area contributed by atoms with E-state index in [1.165, 1.54) is 12.1 Å². The summed E-state index contributed by atoms with van der Waals surface area (Å²) in [5.74, 6) is 1.13. The topological polar surface area (TPSA) is 68.5 Å². The summed E-state index contributed by atoms with van der Waals surface area (Å²) in [5, 5.41) is 1.02. The zero-order valence-corrected chi connectivity index (χ0v) is 15.4. The molecule has 2 aromatic carbocycles. The fourth-order valence-corrected chi connectivity index (χ4v) is 4.29. The van der Waals surface area contributed by atoms with Crippen molar-refractivity contribution in [3.05, 3.63) is 59.3 Å². The number of para-hydroxylation sites is 1. The molecule has 25 heavy (non-hydrogen) atoms. The lowest BCUT2D eigenvalue weighted by atomic mass is 10.2. The monoisotopic (exact) mass is 379 g/mol. The lowest BCUT2D eigenvalue weighted by Crippen LogP contribution is -2.26. The van der Waals surface area contributed by atoms with Gasteiger partial charge >= 0.3 is 0 Å². The molecular formula is C18H18ClNO4S. The molecule has 0 bridgehead atoms. The summed E-state index contributed by atoms with van der Waals surface area (Å²) >= 11 is 6.00. The molecule has 5 nitrogen and oxygen atoms in total. The molecule has 1 heterocycles. The van der Waals surface area contributed by atoms with Crippen LogP contribution in [0.1, 0.15) is 25.6 Å². The second kappa shape index (κ2) is 7.07. The van der Waals surface area contributed by atoms with Gasteiger partial charge in [-0.25, -0.2) is 13.1 Å². The largest absolute Gasteiger partial charge is 0.490 e. The van der Waals surface area contributed by atoms with Crippen molar-refractivity contribution in [2.24, 2.45) is 0 Å². The summed E-state index contributed by atoms with van der Waals surface area (Å²) in [6.45, 7) is 4.12. The Morgan fingerprint density at radius 2 is 1.96 bits per heavy atom. The van der Waals surface area contributed by atoms with Crippen molar-refractivity contribution < 1.29 is 17.6 Å². The first-order chi connectivity index (χ1) is 11.9.